The number of hydrogen-bond donors (Lipinski definition) is 1. The summed E-state index contributed by atoms with van der Waals surface area (Å²) in [6, 6.07) is 8.28. The molecule has 0 unspecified atom stereocenters. The molecule has 1 aliphatic heterocycles. The lowest BCUT2D eigenvalue weighted by atomic mass is 10.2. The van der Waals surface area contributed by atoms with E-state index in [1.807, 2.05) is 35.4 Å². The van der Waals surface area contributed by atoms with E-state index in [2.05, 4.69) is 16.8 Å². The van der Waals surface area contributed by atoms with Crippen molar-refractivity contribution >= 4 is 28.4 Å². The molecule has 0 radical (unpaired) electrons. The Morgan fingerprint density at radius 1 is 1.43 bits per heavy atom. The van der Waals surface area contributed by atoms with Gasteiger partial charge < -0.3 is 14.8 Å². The number of piperazine rings is 1. The molecule has 0 saturated carbocycles. The number of nitrogens with one attached hydrogen (secondary N) is 1. The van der Waals surface area contributed by atoms with E-state index in [-0.39, 0.29) is 5.91 Å². The molecule has 112 valence electrons. The van der Waals surface area contributed by atoms with E-state index >= 15 is 0 Å². The first-order chi connectivity index (χ1) is 10.1. The van der Waals surface area contributed by atoms with Crippen molar-refractivity contribution in [1.29, 1.82) is 0 Å². The SMILES string of the molecule is C[C@@H]1CN(C(=O)CCn2ccc3cc(Cl)ccc32)CCN1. The fourth-order valence-electron chi connectivity index (χ4n) is 2.90. The number of rotatable bonds is 3. The number of aromatic nitrogens is 1. The Kier molecular flexibility index (Phi) is 4.17. The third-order valence-electron chi connectivity index (χ3n) is 4.02. The van der Waals surface area contributed by atoms with Gasteiger partial charge in [0.2, 0.25) is 5.91 Å². The molecule has 0 aliphatic carbocycles. The summed E-state index contributed by atoms with van der Waals surface area (Å²) < 4.78 is 2.12. The van der Waals surface area contributed by atoms with E-state index in [0.29, 0.717) is 19.0 Å². The van der Waals surface area contributed by atoms with E-state index in [1.54, 1.807) is 0 Å². The Morgan fingerprint density at radius 2 is 2.29 bits per heavy atom. The molecule has 1 aromatic heterocycles. The van der Waals surface area contributed by atoms with Crippen LogP contribution in [0.5, 0.6) is 0 Å². The molecule has 1 saturated heterocycles. The third-order valence-corrected chi connectivity index (χ3v) is 4.26. The van der Waals surface area contributed by atoms with Gasteiger partial charge in [0.1, 0.15) is 0 Å². The number of carbonyl (C=O) groups is 1. The highest BCUT2D eigenvalue weighted by atomic mass is 35.5. The smallest absolute Gasteiger partial charge is 0.224 e. The summed E-state index contributed by atoms with van der Waals surface area (Å²) in [5.74, 6) is 0.235. The first-order valence-electron chi connectivity index (χ1n) is 7.39. The lowest BCUT2D eigenvalue weighted by Gasteiger charge is -2.32. The molecule has 2 aromatic rings. The van der Waals surface area contributed by atoms with Gasteiger partial charge in [0.25, 0.3) is 0 Å². The van der Waals surface area contributed by atoms with Crippen LogP contribution in [0.15, 0.2) is 30.5 Å². The van der Waals surface area contributed by atoms with Gasteiger partial charge in [0.05, 0.1) is 0 Å². The minimum atomic E-state index is 0.235. The summed E-state index contributed by atoms with van der Waals surface area (Å²) in [7, 11) is 0. The zero-order valence-electron chi connectivity index (χ0n) is 12.2. The predicted molar refractivity (Wildman–Crippen MR) is 85.6 cm³/mol. The van der Waals surface area contributed by atoms with Crippen LogP contribution >= 0.6 is 11.6 Å². The largest absolute Gasteiger partial charge is 0.347 e. The first-order valence-corrected chi connectivity index (χ1v) is 7.77. The zero-order chi connectivity index (χ0) is 14.8. The molecule has 1 amide bonds. The number of amides is 1. The van der Waals surface area contributed by atoms with Crippen LogP contribution in [0, 0.1) is 0 Å². The molecule has 1 aliphatic rings. The monoisotopic (exact) mass is 305 g/mol. The Bertz CT molecular complexity index is 652. The van der Waals surface area contributed by atoms with Crippen molar-refractivity contribution in [2.24, 2.45) is 0 Å². The van der Waals surface area contributed by atoms with Gasteiger partial charge in [-0.05, 0) is 31.2 Å². The number of benzene rings is 1. The number of halogens is 1. The molecule has 4 nitrogen and oxygen atoms in total. The number of nitrogens with zero attached hydrogens (tertiary/aromatic N) is 2. The summed E-state index contributed by atoms with van der Waals surface area (Å²) >= 11 is 5.99. The highest BCUT2D eigenvalue weighted by Crippen LogP contribution is 2.20. The van der Waals surface area contributed by atoms with E-state index < -0.39 is 0 Å². The van der Waals surface area contributed by atoms with Gasteiger partial charge in [0, 0.05) is 60.8 Å². The van der Waals surface area contributed by atoms with E-state index in [0.717, 1.165) is 35.6 Å². The van der Waals surface area contributed by atoms with Crippen LogP contribution in [0.1, 0.15) is 13.3 Å². The van der Waals surface area contributed by atoms with Gasteiger partial charge in [0.15, 0.2) is 0 Å². The second kappa shape index (κ2) is 6.08. The Labute approximate surface area is 129 Å². The van der Waals surface area contributed by atoms with E-state index in [1.165, 1.54) is 0 Å². The van der Waals surface area contributed by atoms with Crippen LogP contribution in [0.2, 0.25) is 5.02 Å². The number of hydrogen-bond acceptors (Lipinski definition) is 2. The molecule has 1 N–H and O–H groups in total. The molecule has 1 fully saturated rings. The van der Waals surface area contributed by atoms with Gasteiger partial charge >= 0.3 is 0 Å². The van der Waals surface area contributed by atoms with E-state index in [4.69, 9.17) is 11.6 Å². The standard InChI is InChI=1S/C16H20ClN3O/c1-12-11-20(9-6-18-12)16(21)5-8-19-7-4-13-10-14(17)2-3-15(13)19/h2-4,7,10,12,18H,5-6,8-9,11H2,1H3/t12-/m1/s1. The second-order valence-electron chi connectivity index (χ2n) is 5.66. The molecular formula is C16H20ClN3O. The molecule has 0 spiro atoms. The lowest BCUT2D eigenvalue weighted by Crippen LogP contribution is -2.51. The molecule has 3 rings (SSSR count). The van der Waals surface area contributed by atoms with Crippen molar-refractivity contribution < 1.29 is 4.79 Å². The van der Waals surface area contributed by atoms with Gasteiger partial charge in [-0.1, -0.05) is 11.6 Å². The minimum absolute atomic E-state index is 0.235. The number of carbonyl (C=O) groups excluding carboxylic acids is 1. The molecule has 2 heterocycles. The van der Waals surface area contributed by atoms with Gasteiger partial charge in [-0.15, -0.1) is 0 Å². The normalized spacial score (nSPS) is 19.1. The molecule has 5 heteroatoms. The second-order valence-corrected chi connectivity index (χ2v) is 6.09. The van der Waals surface area contributed by atoms with Crippen molar-refractivity contribution in [2.75, 3.05) is 19.6 Å². The summed E-state index contributed by atoms with van der Waals surface area (Å²) in [5.41, 5.74) is 1.13. The van der Waals surface area contributed by atoms with Crippen LogP contribution < -0.4 is 5.32 Å². The van der Waals surface area contributed by atoms with Crippen LogP contribution in [-0.2, 0) is 11.3 Å². The fraction of sp³-hybridized carbons (Fsp3) is 0.438. The number of aryl methyl sites for hydroxylation is 1. The van der Waals surface area contributed by atoms with Crippen molar-refractivity contribution in [2.45, 2.75) is 25.9 Å². The molecule has 0 bridgehead atoms. The summed E-state index contributed by atoms with van der Waals surface area (Å²) in [6.45, 7) is 5.33. The molecular weight excluding hydrogens is 286 g/mol. The summed E-state index contributed by atoms with van der Waals surface area (Å²) in [4.78, 5) is 14.3. The van der Waals surface area contributed by atoms with Gasteiger partial charge in [-0.2, -0.15) is 0 Å². The lowest BCUT2D eigenvalue weighted by molar-refractivity contribution is -0.132. The predicted octanol–water partition coefficient (Wildman–Crippen LogP) is 2.51. The van der Waals surface area contributed by atoms with Crippen LogP contribution in [0.3, 0.4) is 0 Å². The topological polar surface area (TPSA) is 37.3 Å². The van der Waals surface area contributed by atoms with Gasteiger partial charge in [-0.3, -0.25) is 4.79 Å². The van der Waals surface area contributed by atoms with Crippen molar-refractivity contribution in [3.8, 4) is 0 Å². The Hall–Kier alpha value is -1.52. The first kappa shape index (κ1) is 14.4. The maximum Gasteiger partial charge on any atom is 0.224 e. The highest BCUT2D eigenvalue weighted by Gasteiger charge is 2.20. The average molecular weight is 306 g/mol. The zero-order valence-corrected chi connectivity index (χ0v) is 12.9. The maximum atomic E-state index is 12.3. The van der Waals surface area contributed by atoms with Crippen LogP contribution in [-0.4, -0.2) is 41.1 Å². The van der Waals surface area contributed by atoms with Crippen molar-refractivity contribution in [3.63, 3.8) is 0 Å². The molecule has 1 aromatic carbocycles. The maximum absolute atomic E-state index is 12.3. The van der Waals surface area contributed by atoms with Crippen LogP contribution in [0.25, 0.3) is 10.9 Å². The van der Waals surface area contributed by atoms with Crippen LogP contribution in [0.4, 0.5) is 0 Å². The third kappa shape index (κ3) is 3.22. The van der Waals surface area contributed by atoms with Crippen molar-refractivity contribution in [3.05, 3.63) is 35.5 Å². The van der Waals surface area contributed by atoms with E-state index in [9.17, 15) is 4.79 Å². The Morgan fingerprint density at radius 3 is 3.10 bits per heavy atom. The quantitative estimate of drug-likeness (QED) is 0.946. The van der Waals surface area contributed by atoms with Crippen molar-refractivity contribution in [1.82, 2.24) is 14.8 Å². The Balaban J connectivity index is 1.64. The minimum Gasteiger partial charge on any atom is -0.347 e. The average Bonchev–Trinajstić information content (AvgIpc) is 2.87. The summed E-state index contributed by atoms with van der Waals surface area (Å²) in [6.07, 6.45) is 2.56. The molecule has 21 heavy (non-hydrogen) atoms. The van der Waals surface area contributed by atoms with Gasteiger partial charge in [-0.25, -0.2) is 0 Å². The fourth-order valence-corrected chi connectivity index (χ4v) is 3.08. The number of fused-ring (bicyclic) bond motifs is 1. The highest BCUT2D eigenvalue weighted by molar-refractivity contribution is 6.31. The molecule has 1 atom stereocenters. The summed E-state index contributed by atoms with van der Waals surface area (Å²) in [5, 5.41) is 5.21.